The van der Waals surface area contributed by atoms with Gasteiger partial charge in [-0.1, -0.05) is 30.3 Å². The SMILES string of the molecule is OC[C@@H]1OCC[C@@H](O)[C@@H]1OCc1ccccc1. The zero-order valence-electron chi connectivity index (χ0n) is 9.66. The molecule has 0 aromatic heterocycles. The van der Waals surface area contributed by atoms with Crippen molar-refractivity contribution in [1.82, 2.24) is 0 Å². The first-order chi connectivity index (χ1) is 8.31. The van der Waals surface area contributed by atoms with Gasteiger partial charge >= 0.3 is 0 Å². The lowest BCUT2D eigenvalue weighted by atomic mass is 10.0. The van der Waals surface area contributed by atoms with Crippen LogP contribution in [0.1, 0.15) is 12.0 Å². The highest BCUT2D eigenvalue weighted by molar-refractivity contribution is 5.13. The fourth-order valence-corrected chi connectivity index (χ4v) is 1.99. The van der Waals surface area contributed by atoms with E-state index in [1.165, 1.54) is 0 Å². The fraction of sp³-hybridized carbons (Fsp3) is 0.538. The van der Waals surface area contributed by atoms with E-state index in [-0.39, 0.29) is 6.61 Å². The second kappa shape index (κ2) is 6.12. The van der Waals surface area contributed by atoms with E-state index in [1.54, 1.807) is 0 Å². The number of hydrogen-bond donors (Lipinski definition) is 2. The molecule has 94 valence electrons. The first kappa shape index (κ1) is 12.5. The van der Waals surface area contributed by atoms with Gasteiger partial charge in [0.05, 0.1) is 19.3 Å². The van der Waals surface area contributed by atoms with E-state index in [4.69, 9.17) is 14.6 Å². The zero-order valence-corrected chi connectivity index (χ0v) is 9.66. The summed E-state index contributed by atoms with van der Waals surface area (Å²) in [5.74, 6) is 0. The average Bonchev–Trinajstić information content (AvgIpc) is 2.38. The lowest BCUT2D eigenvalue weighted by Gasteiger charge is -2.34. The number of hydrogen-bond acceptors (Lipinski definition) is 4. The molecule has 1 heterocycles. The van der Waals surface area contributed by atoms with E-state index < -0.39 is 18.3 Å². The molecule has 0 radical (unpaired) electrons. The minimum absolute atomic E-state index is 0.128. The van der Waals surface area contributed by atoms with Crippen LogP contribution in [0.4, 0.5) is 0 Å². The monoisotopic (exact) mass is 238 g/mol. The van der Waals surface area contributed by atoms with Crippen LogP contribution in [-0.2, 0) is 16.1 Å². The van der Waals surface area contributed by atoms with Gasteiger partial charge in [0.2, 0.25) is 0 Å². The number of aliphatic hydroxyl groups excluding tert-OH is 2. The van der Waals surface area contributed by atoms with Crippen LogP contribution >= 0.6 is 0 Å². The normalized spacial score (nSPS) is 29.2. The third-order valence-electron chi connectivity index (χ3n) is 2.96. The lowest BCUT2D eigenvalue weighted by Crippen LogP contribution is -2.47. The maximum absolute atomic E-state index is 9.83. The molecule has 1 aliphatic heterocycles. The van der Waals surface area contributed by atoms with Gasteiger partial charge in [-0.15, -0.1) is 0 Å². The van der Waals surface area contributed by atoms with E-state index in [1.807, 2.05) is 30.3 Å². The predicted octanol–water partition coefficient (Wildman–Crippen LogP) is 0.714. The van der Waals surface area contributed by atoms with Crippen molar-refractivity contribution in [1.29, 1.82) is 0 Å². The lowest BCUT2D eigenvalue weighted by molar-refractivity contribution is -0.174. The van der Waals surface area contributed by atoms with Crippen LogP contribution in [0.5, 0.6) is 0 Å². The molecule has 1 aromatic rings. The second-order valence-corrected chi connectivity index (χ2v) is 4.21. The van der Waals surface area contributed by atoms with Gasteiger partial charge in [-0.3, -0.25) is 0 Å². The Morgan fingerprint density at radius 3 is 2.76 bits per heavy atom. The van der Waals surface area contributed by atoms with Gasteiger partial charge < -0.3 is 19.7 Å². The molecule has 1 saturated heterocycles. The van der Waals surface area contributed by atoms with Gasteiger partial charge in [-0.2, -0.15) is 0 Å². The van der Waals surface area contributed by atoms with E-state index in [9.17, 15) is 5.11 Å². The molecule has 2 N–H and O–H groups in total. The standard InChI is InChI=1S/C13H18O4/c14-8-12-13(11(15)6-7-16-12)17-9-10-4-2-1-3-5-10/h1-5,11-15H,6-9H2/t11-,12+,13+/m1/s1. The van der Waals surface area contributed by atoms with Gasteiger partial charge in [0.1, 0.15) is 12.2 Å². The van der Waals surface area contributed by atoms with Crippen molar-refractivity contribution < 1.29 is 19.7 Å². The van der Waals surface area contributed by atoms with Crippen LogP contribution in [0.3, 0.4) is 0 Å². The van der Waals surface area contributed by atoms with Gasteiger partial charge in [-0.05, 0) is 12.0 Å². The summed E-state index contributed by atoms with van der Waals surface area (Å²) in [5, 5.41) is 19.0. The van der Waals surface area contributed by atoms with Gasteiger partial charge in [0.15, 0.2) is 0 Å². The number of ether oxygens (including phenoxy) is 2. The first-order valence-corrected chi connectivity index (χ1v) is 5.87. The Kier molecular flexibility index (Phi) is 4.50. The summed E-state index contributed by atoms with van der Waals surface area (Å²) in [6, 6.07) is 9.75. The zero-order chi connectivity index (χ0) is 12.1. The summed E-state index contributed by atoms with van der Waals surface area (Å²) >= 11 is 0. The number of benzene rings is 1. The van der Waals surface area contributed by atoms with Crippen molar-refractivity contribution in [2.45, 2.75) is 31.3 Å². The van der Waals surface area contributed by atoms with Gasteiger partial charge in [0.25, 0.3) is 0 Å². The van der Waals surface area contributed by atoms with Crippen LogP contribution in [0, 0.1) is 0 Å². The van der Waals surface area contributed by atoms with Crippen LogP contribution < -0.4 is 0 Å². The van der Waals surface area contributed by atoms with Crippen LogP contribution in [-0.4, -0.2) is 41.7 Å². The highest BCUT2D eigenvalue weighted by Crippen LogP contribution is 2.19. The van der Waals surface area contributed by atoms with Gasteiger partial charge in [0, 0.05) is 6.61 Å². The van der Waals surface area contributed by atoms with Crippen molar-refractivity contribution in [2.75, 3.05) is 13.2 Å². The molecule has 1 fully saturated rings. The molecule has 3 atom stereocenters. The van der Waals surface area contributed by atoms with E-state index in [0.29, 0.717) is 19.6 Å². The summed E-state index contributed by atoms with van der Waals surface area (Å²) in [4.78, 5) is 0. The van der Waals surface area contributed by atoms with Crippen LogP contribution in [0.15, 0.2) is 30.3 Å². The topological polar surface area (TPSA) is 58.9 Å². The maximum Gasteiger partial charge on any atom is 0.112 e. The van der Waals surface area contributed by atoms with Crippen LogP contribution in [0.25, 0.3) is 0 Å². The van der Waals surface area contributed by atoms with Crippen molar-refractivity contribution in [2.24, 2.45) is 0 Å². The number of aliphatic hydroxyl groups is 2. The van der Waals surface area contributed by atoms with Crippen LogP contribution in [0.2, 0.25) is 0 Å². The molecule has 1 aromatic carbocycles. The molecular weight excluding hydrogens is 220 g/mol. The third-order valence-corrected chi connectivity index (χ3v) is 2.96. The third kappa shape index (κ3) is 3.26. The minimum atomic E-state index is -0.565. The summed E-state index contributed by atoms with van der Waals surface area (Å²) in [5.41, 5.74) is 1.04. The smallest absolute Gasteiger partial charge is 0.112 e. The molecule has 0 unspecified atom stereocenters. The Morgan fingerprint density at radius 1 is 1.29 bits per heavy atom. The van der Waals surface area contributed by atoms with Gasteiger partial charge in [-0.25, -0.2) is 0 Å². The molecule has 4 heteroatoms. The molecule has 2 rings (SSSR count). The molecular formula is C13H18O4. The highest BCUT2D eigenvalue weighted by atomic mass is 16.6. The molecule has 0 amide bonds. The molecule has 17 heavy (non-hydrogen) atoms. The van der Waals surface area contributed by atoms with Crippen molar-refractivity contribution in [3.63, 3.8) is 0 Å². The van der Waals surface area contributed by atoms with Crippen molar-refractivity contribution in [3.8, 4) is 0 Å². The molecule has 0 aliphatic carbocycles. The summed E-state index contributed by atoms with van der Waals surface area (Å²) < 4.78 is 11.0. The second-order valence-electron chi connectivity index (χ2n) is 4.21. The molecule has 0 bridgehead atoms. The van der Waals surface area contributed by atoms with E-state index >= 15 is 0 Å². The quantitative estimate of drug-likeness (QED) is 0.811. The van der Waals surface area contributed by atoms with E-state index in [2.05, 4.69) is 0 Å². The highest BCUT2D eigenvalue weighted by Gasteiger charge is 2.33. The summed E-state index contributed by atoms with van der Waals surface area (Å²) in [6.07, 6.45) is -0.892. The van der Waals surface area contributed by atoms with Crippen molar-refractivity contribution >= 4 is 0 Å². The van der Waals surface area contributed by atoms with E-state index in [0.717, 1.165) is 5.56 Å². The Balaban J connectivity index is 1.92. The average molecular weight is 238 g/mol. The summed E-state index contributed by atoms with van der Waals surface area (Å²) in [7, 11) is 0. The van der Waals surface area contributed by atoms with Crippen molar-refractivity contribution in [3.05, 3.63) is 35.9 Å². The molecule has 1 aliphatic rings. The molecule has 4 nitrogen and oxygen atoms in total. The largest absolute Gasteiger partial charge is 0.394 e. The Morgan fingerprint density at radius 2 is 2.06 bits per heavy atom. The Labute approximate surface area is 101 Å². The summed E-state index contributed by atoms with van der Waals surface area (Å²) in [6.45, 7) is 0.760. The molecule has 0 saturated carbocycles. The minimum Gasteiger partial charge on any atom is -0.394 e. The molecule has 0 spiro atoms. The predicted molar refractivity (Wildman–Crippen MR) is 62.5 cm³/mol. The fourth-order valence-electron chi connectivity index (χ4n) is 1.99. The maximum atomic E-state index is 9.83. The first-order valence-electron chi connectivity index (χ1n) is 5.87. The Bertz CT molecular complexity index is 327. The number of rotatable bonds is 4. The Hall–Kier alpha value is -0.940.